The maximum Gasteiger partial charge on any atom is 0.313 e. The first kappa shape index (κ1) is 15.9. The number of carbonyl (C=O) groups excluding carboxylic acids is 1. The molecule has 3 rings (SSSR count). The summed E-state index contributed by atoms with van der Waals surface area (Å²) in [5.41, 5.74) is 2.97. The van der Waals surface area contributed by atoms with Crippen LogP contribution in [0, 0.1) is 0 Å². The summed E-state index contributed by atoms with van der Waals surface area (Å²) in [5.74, 6) is 0.431. The van der Waals surface area contributed by atoms with Crippen LogP contribution in [0.2, 0.25) is 0 Å². The van der Waals surface area contributed by atoms with Gasteiger partial charge in [0.1, 0.15) is 0 Å². The van der Waals surface area contributed by atoms with Gasteiger partial charge in [-0.1, -0.05) is 56.3 Å². The summed E-state index contributed by atoms with van der Waals surface area (Å²) in [6.45, 7) is 4.25. The Morgan fingerprint density at radius 2 is 1.75 bits per heavy atom. The number of anilines is 1. The fourth-order valence-electron chi connectivity index (χ4n) is 2.32. The van der Waals surface area contributed by atoms with Crippen LogP contribution in [-0.4, -0.2) is 16.1 Å². The lowest BCUT2D eigenvalue weighted by Crippen LogP contribution is -2.12. The lowest BCUT2D eigenvalue weighted by molar-refractivity contribution is 0.0988. The standard InChI is InChI=1S/C19H19N3O2/c1-13(2)15-8-10-16(11-9-15)20-18(23)19-22-21-17(24-19)12-14-6-4-3-5-7-14/h3-11,13H,12H2,1-2H3,(H,20,23). The highest BCUT2D eigenvalue weighted by Gasteiger charge is 2.15. The van der Waals surface area contributed by atoms with Crippen molar-refractivity contribution in [3.05, 3.63) is 77.5 Å². The normalized spacial score (nSPS) is 10.8. The van der Waals surface area contributed by atoms with E-state index in [2.05, 4.69) is 29.4 Å². The van der Waals surface area contributed by atoms with Gasteiger partial charge in [0.25, 0.3) is 0 Å². The second-order valence-electron chi connectivity index (χ2n) is 5.89. The first-order valence-electron chi connectivity index (χ1n) is 7.89. The van der Waals surface area contributed by atoms with Gasteiger partial charge in [0.2, 0.25) is 5.89 Å². The minimum atomic E-state index is -0.404. The minimum absolute atomic E-state index is 0.0335. The number of nitrogens with zero attached hydrogens (tertiary/aromatic N) is 2. The Morgan fingerprint density at radius 3 is 2.42 bits per heavy atom. The number of carbonyl (C=O) groups is 1. The van der Waals surface area contributed by atoms with Crippen LogP contribution >= 0.6 is 0 Å². The third kappa shape index (κ3) is 3.87. The maximum atomic E-state index is 12.2. The van der Waals surface area contributed by atoms with E-state index >= 15 is 0 Å². The fraction of sp³-hybridized carbons (Fsp3) is 0.211. The van der Waals surface area contributed by atoms with Crippen molar-refractivity contribution in [1.29, 1.82) is 0 Å². The second-order valence-corrected chi connectivity index (χ2v) is 5.89. The predicted molar refractivity (Wildman–Crippen MR) is 92.0 cm³/mol. The van der Waals surface area contributed by atoms with Crippen LogP contribution in [0.1, 0.15) is 47.5 Å². The Balaban J connectivity index is 1.65. The zero-order valence-corrected chi connectivity index (χ0v) is 13.7. The molecule has 0 aliphatic carbocycles. The number of amides is 1. The Bertz CT molecular complexity index is 808. The minimum Gasteiger partial charge on any atom is -0.417 e. The fourth-order valence-corrected chi connectivity index (χ4v) is 2.32. The van der Waals surface area contributed by atoms with Gasteiger partial charge in [-0.25, -0.2) is 0 Å². The van der Waals surface area contributed by atoms with Crippen LogP contribution in [0.5, 0.6) is 0 Å². The molecular formula is C19H19N3O2. The van der Waals surface area contributed by atoms with Crippen molar-refractivity contribution in [3.63, 3.8) is 0 Å². The number of hydrogen-bond acceptors (Lipinski definition) is 4. The predicted octanol–water partition coefficient (Wildman–Crippen LogP) is 4.04. The van der Waals surface area contributed by atoms with Crippen molar-refractivity contribution in [3.8, 4) is 0 Å². The van der Waals surface area contributed by atoms with Gasteiger partial charge in [0.15, 0.2) is 0 Å². The molecule has 5 nitrogen and oxygen atoms in total. The molecule has 0 fully saturated rings. The molecule has 0 saturated carbocycles. The third-order valence-electron chi connectivity index (χ3n) is 3.69. The van der Waals surface area contributed by atoms with Gasteiger partial charge in [-0.15, -0.1) is 10.2 Å². The zero-order valence-electron chi connectivity index (χ0n) is 13.7. The van der Waals surface area contributed by atoms with Gasteiger partial charge >= 0.3 is 11.8 Å². The molecule has 1 N–H and O–H groups in total. The maximum absolute atomic E-state index is 12.2. The van der Waals surface area contributed by atoms with Gasteiger partial charge in [-0.05, 0) is 29.2 Å². The summed E-state index contributed by atoms with van der Waals surface area (Å²) in [7, 11) is 0. The van der Waals surface area contributed by atoms with Crippen LogP contribution in [0.4, 0.5) is 5.69 Å². The van der Waals surface area contributed by atoms with Gasteiger partial charge in [0, 0.05) is 5.69 Å². The number of aromatic nitrogens is 2. The summed E-state index contributed by atoms with van der Waals surface area (Å²) in [6, 6.07) is 17.5. The van der Waals surface area contributed by atoms with Gasteiger partial charge in [0.05, 0.1) is 6.42 Å². The average molecular weight is 321 g/mol. The lowest BCUT2D eigenvalue weighted by Gasteiger charge is -2.07. The molecular weight excluding hydrogens is 302 g/mol. The largest absolute Gasteiger partial charge is 0.417 e. The quantitative estimate of drug-likeness (QED) is 0.770. The molecule has 0 aliphatic heterocycles. The molecule has 0 saturated heterocycles. The van der Waals surface area contributed by atoms with Crippen molar-refractivity contribution < 1.29 is 9.21 Å². The Morgan fingerprint density at radius 1 is 1.04 bits per heavy atom. The molecule has 2 aromatic carbocycles. The van der Waals surface area contributed by atoms with Crippen molar-refractivity contribution in [2.24, 2.45) is 0 Å². The average Bonchev–Trinajstić information content (AvgIpc) is 3.05. The van der Waals surface area contributed by atoms with E-state index in [0.717, 1.165) is 5.56 Å². The Kier molecular flexibility index (Phi) is 4.70. The summed E-state index contributed by atoms with van der Waals surface area (Å²) in [4.78, 5) is 12.2. The molecule has 1 amide bonds. The summed E-state index contributed by atoms with van der Waals surface area (Å²) in [5, 5.41) is 10.5. The lowest BCUT2D eigenvalue weighted by atomic mass is 10.0. The first-order valence-corrected chi connectivity index (χ1v) is 7.89. The van der Waals surface area contributed by atoms with E-state index in [1.807, 2.05) is 54.6 Å². The van der Waals surface area contributed by atoms with E-state index in [1.165, 1.54) is 5.56 Å². The van der Waals surface area contributed by atoms with Gasteiger partial charge < -0.3 is 9.73 Å². The van der Waals surface area contributed by atoms with E-state index in [1.54, 1.807) is 0 Å². The molecule has 0 atom stereocenters. The van der Waals surface area contributed by atoms with Gasteiger partial charge in [-0.3, -0.25) is 4.79 Å². The van der Waals surface area contributed by atoms with Crippen molar-refractivity contribution in [2.45, 2.75) is 26.2 Å². The molecule has 1 aromatic heterocycles. The van der Waals surface area contributed by atoms with Crippen LogP contribution in [0.3, 0.4) is 0 Å². The highest BCUT2D eigenvalue weighted by Crippen LogP contribution is 2.17. The van der Waals surface area contributed by atoms with Crippen LogP contribution in [0.15, 0.2) is 59.0 Å². The van der Waals surface area contributed by atoms with Gasteiger partial charge in [-0.2, -0.15) is 0 Å². The zero-order chi connectivity index (χ0) is 16.9. The van der Waals surface area contributed by atoms with Crippen molar-refractivity contribution in [2.75, 3.05) is 5.32 Å². The summed E-state index contributed by atoms with van der Waals surface area (Å²) in [6.07, 6.45) is 0.504. The summed E-state index contributed by atoms with van der Waals surface area (Å²) >= 11 is 0. The second kappa shape index (κ2) is 7.08. The Labute approximate surface area is 140 Å². The van der Waals surface area contributed by atoms with Crippen LogP contribution in [-0.2, 0) is 6.42 Å². The van der Waals surface area contributed by atoms with E-state index < -0.39 is 5.91 Å². The molecule has 0 aliphatic rings. The van der Waals surface area contributed by atoms with E-state index in [4.69, 9.17) is 4.42 Å². The molecule has 0 spiro atoms. The Hall–Kier alpha value is -2.95. The SMILES string of the molecule is CC(C)c1ccc(NC(=O)c2nnc(Cc3ccccc3)o2)cc1. The number of benzene rings is 2. The van der Waals surface area contributed by atoms with E-state index in [-0.39, 0.29) is 5.89 Å². The number of rotatable bonds is 5. The molecule has 5 heteroatoms. The molecule has 24 heavy (non-hydrogen) atoms. The number of nitrogens with one attached hydrogen (secondary N) is 1. The van der Waals surface area contributed by atoms with Crippen molar-refractivity contribution >= 4 is 11.6 Å². The molecule has 1 heterocycles. The molecule has 0 radical (unpaired) electrons. The van der Waals surface area contributed by atoms with E-state index in [0.29, 0.717) is 23.9 Å². The smallest absolute Gasteiger partial charge is 0.313 e. The summed E-state index contributed by atoms with van der Waals surface area (Å²) < 4.78 is 5.45. The topological polar surface area (TPSA) is 68.0 Å². The third-order valence-corrected chi connectivity index (χ3v) is 3.69. The molecule has 3 aromatic rings. The number of hydrogen-bond donors (Lipinski definition) is 1. The highest BCUT2D eigenvalue weighted by atomic mass is 16.4. The monoisotopic (exact) mass is 321 g/mol. The van der Waals surface area contributed by atoms with Crippen LogP contribution < -0.4 is 5.32 Å². The highest BCUT2D eigenvalue weighted by molar-refractivity contribution is 6.00. The van der Waals surface area contributed by atoms with Crippen molar-refractivity contribution in [1.82, 2.24) is 10.2 Å². The molecule has 0 unspecified atom stereocenters. The first-order chi connectivity index (χ1) is 11.6. The molecule has 122 valence electrons. The van der Waals surface area contributed by atoms with E-state index in [9.17, 15) is 4.79 Å². The van der Waals surface area contributed by atoms with Crippen LogP contribution in [0.25, 0.3) is 0 Å². The molecule has 0 bridgehead atoms.